The average molecular weight is 407 g/mol. The molecule has 2 aromatic heterocycles. The van der Waals surface area contributed by atoms with E-state index in [9.17, 15) is 10.2 Å². The zero-order valence-electron chi connectivity index (χ0n) is 15.8. The Balaban J connectivity index is 1.54. The maximum absolute atomic E-state index is 10.7. The number of thiophene rings is 2. The van der Waals surface area contributed by atoms with Crippen LogP contribution in [0.25, 0.3) is 9.75 Å². The lowest BCUT2D eigenvalue weighted by molar-refractivity contribution is 0.224. The Kier molecular flexibility index (Phi) is 5.47. The van der Waals surface area contributed by atoms with Gasteiger partial charge in [0.15, 0.2) is 0 Å². The van der Waals surface area contributed by atoms with Gasteiger partial charge in [-0.15, -0.1) is 22.7 Å². The van der Waals surface area contributed by atoms with E-state index in [-0.39, 0.29) is 0 Å². The summed E-state index contributed by atoms with van der Waals surface area (Å²) in [5.74, 6) is 0. The molecular weight excluding hydrogens is 384 g/mol. The second-order valence-corrected chi connectivity index (χ2v) is 9.26. The summed E-state index contributed by atoms with van der Waals surface area (Å²) >= 11 is 3.19. The average Bonchev–Trinajstić information content (AvgIpc) is 3.38. The predicted octanol–water partition coefficient (Wildman–Crippen LogP) is 6.26. The molecule has 2 N–H and O–H groups in total. The lowest BCUT2D eigenvalue weighted by Gasteiger charge is -2.09. The topological polar surface area (TPSA) is 40.5 Å². The number of hydrogen-bond donors (Lipinski definition) is 2. The molecule has 142 valence electrons. The molecule has 0 radical (unpaired) electrons. The van der Waals surface area contributed by atoms with Crippen LogP contribution in [-0.4, -0.2) is 10.2 Å². The number of hydrogen-bond acceptors (Lipinski definition) is 4. The maximum Gasteiger partial charge on any atom is 0.113 e. The molecule has 4 rings (SSSR count). The molecule has 2 unspecified atom stereocenters. The Morgan fingerprint density at radius 1 is 0.536 bits per heavy atom. The molecular formula is C24H22O2S2. The van der Waals surface area contributed by atoms with Crippen molar-refractivity contribution in [2.45, 2.75) is 26.1 Å². The van der Waals surface area contributed by atoms with Crippen molar-refractivity contribution in [3.63, 3.8) is 0 Å². The van der Waals surface area contributed by atoms with Crippen LogP contribution in [0.3, 0.4) is 0 Å². The summed E-state index contributed by atoms with van der Waals surface area (Å²) in [6.07, 6.45) is -1.23. The van der Waals surface area contributed by atoms with Crippen LogP contribution in [-0.2, 0) is 0 Å². The fourth-order valence-electron chi connectivity index (χ4n) is 3.09. The fourth-order valence-corrected chi connectivity index (χ4v) is 5.23. The van der Waals surface area contributed by atoms with Crippen LogP contribution in [0.4, 0.5) is 0 Å². The third-order valence-corrected chi connectivity index (χ3v) is 7.29. The van der Waals surface area contributed by atoms with Crippen LogP contribution in [0.1, 0.15) is 44.2 Å². The van der Waals surface area contributed by atoms with Crippen molar-refractivity contribution in [3.05, 3.63) is 105 Å². The van der Waals surface area contributed by atoms with Gasteiger partial charge in [0.2, 0.25) is 0 Å². The molecule has 2 nitrogen and oxygen atoms in total. The highest BCUT2D eigenvalue weighted by Gasteiger charge is 2.17. The van der Waals surface area contributed by atoms with Crippen LogP contribution in [0.2, 0.25) is 0 Å². The zero-order chi connectivity index (χ0) is 19.7. The lowest BCUT2D eigenvalue weighted by atomic mass is 10.1. The minimum Gasteiger partial charge on any atom is -0.383 e. The van der Waals surface area contributed by atoms with Gasteiger partial charge in [-0.1, -0.05) is 59.7 Å². The maximum atomic E-state index is 10.7. The predicted molar refractivity (Wildman–Crippen MR) is 118 cm³/mol. The summed E-state index contributed by atoms with van der Waals surface area (Å²) in [7, 11) is 0. The van der Waals surface area contributed by atoms with Crippen LogP contribution in [0.15, 0.2) is 72.8 Å². The van der Waals surface area contributed by atoms with Crippen molar-refractivity contribution in [1.82, 2.24) is 0 Å². The first-order valence-electron chi connectivity index (χ1n) is 9.20. The van der Waals surface area contributed by atoms with E-state index in [1.54, 1.807) is 22.7 Å². The van der Waals surface area contributed by atoms with Gasteiger partial charge in [-0.3, -0.25) is 0 Å². The molecule has 0 aliphatic carbocycles. The van der Waals surface area contributed by atoms with Crippen molar-refractivity contribution < 1.29 is 10.2 Å². The van der Waals surface area contributed by atoms with Gasteiger partial charge in [-0.05, 0) is 49.2 Å². The van der Waals surface area contributed by atoms with Crippen LogP contribution >= 0.6 is 22.7 Å². The van der Waals surface area contributed by atoms with Crippen molar-refractivity contribution in [2.24, 2.45) is 0 Å². The van der Waals surface area contributed by atoms with E-state index in [4.69, 9.17) is 0 Å². The molecule has 2 heterocycles. The summed E-state index contributed by atoms with van der Waals surface area (Å²) in [6.45, 7) is 4.08. The first-order chi connectivity index (χ1) is 13.5. The standard InChI is InChI=1S/C24H22O2S2/c1-15-3-7-17(8-4-15)23(25)21-13-11-19(27-21)20-12-14-22(28-20)24(26)18-9-5-16(2)6-10-18/h3-14,23-26H,1-2H3. The van der Waals surface area contributed by atoms with Gasteiger partial charge < -0.3 is 10.2 Å². The van der Waals surface area contributed by atoms with Gasteiger partial charge in [0.1, 0.15) is 12.2 Å². The van der Waals surface area contributed by atoms with E-state index in [0.29, 0.717) is 0 Å². The molecule has 0 saturated carbocycles. The molecule has 2 aromatic carbocycles. The molecule has 0 aliphatic heterocycles. The lowest BCUT2D eigenvalue weighted by Crippen LogP contribution is -1.96. The normalized spacial score (nSPS) is 13.4. The van der Waals surface area contributed by atoms with Gasteiger partial charge in [0.25, 0.3) is 0 Å². The quantitative estimate of drug-likeness (QED) is 0.411. The third kappa shape index (κ3) is 3.96. The molecule has 4 aromatic rings. The van der Waals surface area contributed by atoms with Crippen LogP contribution in [0, 0.1) is 13.8 Å². The van der Waals surface area contributed by atoms with E-state index in [2.05, 4.69) is 0 Å². The number of aryl methyl sites for hydroxylation is 2. The molecule has 0 saturated heterocycles. The summed E-state index contributed by atoms with van der Waals surface area (Å²) < 4.78 is 0. The third-order valence-electron chi connectivity index (χ3n) is 4.82. The Morgan fingerprint density at radius 3 is 1.25 bits per heavy atom. The second-order valence-electron chi connectivity index (χ2n) is 7.03. The zero-order valence-corrected chi connectivity index (χ0v) is 17.4. The molecule has 4 heteroatoms. The van der Waals surface area contributed by atoms with E-state index in [1.807, 2.05) is 86.6 Å². The van der Waals surface area contributed by atoms with Gasteiger partial charge in [-0.25, -0.2) is 0 Å². The molecule has 2 atom stereocenters. The van der Waals surface area contributed by atoms with Crippen LogP contribution < -0.4 is 0 Å². The number of rotatable bonds is 5. The SMILES string of the molecule is Cc1ccc(C(O)c2ccc(-c3ccc(C(O)c4ccc(C)cc4)s3)s2)cc1. The molecule has 0 spiro atoms. The number of aliphatic hydroxyl groups excluding tert-OH is 2. The second kappa shape index (κ2) is 8.02. The van der Waals surface area contributed by atoms with Gasteiger partial charge in [0, 0.05) is 19.5 Å². The highest BCUT2D eigenvalue weighted by molar-refractivity contribution is 7.22. The summed E-state index contributed by atoms with van der Waals surface area (Å²) in [6, 6.07) is 24.0. The minimum atomic E-state index is -0.614. The monoisotopic (exact) mass is 406 g/mol. The fraction of sp³-hybridized carbons (Fsp3) is 0.167. The highest BCUT2D eigenvalue weighted by atomic mass is 32.1. The summed E-state index contributed by atoms with van der Waals surface area (Å²) in [5.41, 5.74) is 4.17. The van der Waals surface area contributed by atoms with Crippen LogP contribution in [0.5, 0.6) is 0 Å². The van der Waals surface area contributed by atoms with Gasteiger partial charge in [-0.2, -0.15) is 0 Å². The van der Waals surface area contributed by atoms with Crippen molar-refractivity contribution in [2.75, 3.05) is 0 Å². The molecule has 0 aliphatic rings. The van der Waals surface area contributed by atoms with E-state index >= 15 is 0 Å². The van der Waals surface area contributed by atoms with Gasteiger partial charge in [0.05, 0.1) is 0 Å². The number of benzene rings is 2. The number of aliphatic hydroxyl groups is 2. The van der Waals surface area contributed by atoms with E-state index < -0.39 is 12.2 Å². The van der Waals surface area contributed by atoms with Crippen molar-refractivity contribution >= 4 is 22.7 Å². The summed E-state index contributed by atoms with van der Waals surface area (Å²) in [4.78, 5) is 4.06. The first-order valence-corrected chi connectivity index (χ1v) is 10.8. The van der Waals surface area contributed by atoms with Crippen molar-refractivity contribution in [1.29, 1.82) is 0 Å². The summed E-state index contributed by atoms with van der Waals surface area (Å²) in [5, 5.41) is 21.4. The van der Waals surface area contributed by atoms with Gasteiger partial charge >= 0.3 is 0 Å². The van der Waals surface area contributed by atoms with Crippen molar-refractivity contribution in [3.8, 4) is 9.75 Å². The Morgan fingerprint density at radius 2 is 0.893 bits per heavy atom. The first kappa shape index (κ1) is 19.1. The van der Waals surface area contributed by atoms with E-state index in [0.717, 1.165) is 30.6 Å². The molecule has 0 amide bonds. The Labute approximate surface area is 173 Å². The molecule has 0 fully saturated rings. The largest absolute Gasteiger partial charge is 0.383 e. The molecule has 0 bridgehead atoms. The smallest absolute Gasteiger partial charge is 0.113 e. The highest BCUT2D eigenvalue weighted by Crippen LogP contribution is 2.39. The Bertz CT molecular complexity index is 971. The van der Waals surface area contributed by atoms with E-state index in [1.165, 1.54) is 11.1 Å². The minimum absolute atomic E-state index is 0.614. The Hall–Kier alpha value is -2.24. The molecule has 28 heavy (non-hydrogen) atoms.